The average Bonchev–Trinajstić information content (AvgIpc) is 3.51. The number of ether oxygens (including phenoxy) is 1. The van der Waals surface area contributed by atoms with Crippen LogP contribution in [0.1, 0.15) is 44.6 Å². The van der Waals surface area contributed by atoms with Gasteiger partial charge in [0.25, 0.3) is 0 Å². The maximum atomic E-state index is 13.2. The topological polar surface area (TPSA) is 118 Å². The first-order chi connectivity index (χ1) is 15.1. The average molecular weight is 425 g/mol. The highest BCUT2D eigenvalue weighted by molar-refractivity contribution is 5.86. The number of tetrazole rings is 1. The highest BCUT2D eigenvalue weighted by Crippen LogP contribution is 2.46. The molecule has 1 saturated carbocycles. The second-order valence-electron chi connectivity index (χ2n) is 8.69. The molecule has 0 radical (unpaired) electrons. The molecule has 10 heteroatoms. The molecule has 10 nitrogen and oxygen atoms in total. The SMILES string of the molecule is CC1=C(N2CC[C@]3(CC[C@@H](NCc4ccc(-n5ncnn5)nc4)CC3)C2=O)COC1O. The zero-order valence-electron chi connectivity index (χ0n) is 17.6. The van der Waals surface area contributed by atoms with E-state index in [9.17, 15) is 9.90 Å². The molecule has 5 rings (SSSR count). The molecule has 164 valence electrons. The lowest BCUT2D eigenvalue weighted by Crippen LogP contribution is -2.42. The molecule has 2 fully saturated rings. The largest absolute Gasteiger partial charge is 0.364 e. The van der Waals surface area contributed by atoms with Crippen LogP contribution in [-0.2, 0) is 16.1 Å². The van der Waals surface area contributed by atoms with Gasteiger partial charge in [0.2, 0.25) is 5.91 Å². The predicted molar refractivity (Wildman–Crippen MR) is 109 cm³/mol. The van der Waals surface area contributed by atoms with Crippen molar-refractivity contribution >= 4 is 5.91 Å². The van der Waals surface area contributed by atoms with Gasteiger partial charge >= 0.3 is 0 Å². The van der Waals surface area contributed by atoms with E-state index in [1.807, 2.05) is 30.2 Å². The number of amides is 1. The molecule has 1 spiro atoms. The first-order valence-electron chi connectivity index (χ1n) is 10.8. The standard InChI is InChI=1S/C21H27N7O3/c1-14-17(12-31-19(14)29)27-9-8-21(20(27)30)6-4-16(5-7-21)22-10-15-2-3-18(23-11-15)28-25-13-24-26-28/h2-3,11,13,16,19,22,29H,4-10,12H2,1H3/t16-,19?,21-. The van der Waals surface area contributed by atoms with Gasteiger partial charge in [0, 0.05) is 30.9 Å². The number of nitrogens with zero attached hydrogens (tertiary/aromatic N) is 6. The summed E-state index contributed by atoms with van der Waals surface area (Å²) < 4.78 is 5.29. The third kappa shape index (κ3) is 3.75. The van der Waals surface area contributed by atoms with E-state index in [0.717, 1.165) is 62.0 Å². The first-order valence-corrected chi connectivity index (χ1v) is 10.8. The lowest BCUT2D eigenvalue weighted by Gasteiger charge is -2.36. The van der Waals surface area contributed by atoms with Crippen LogP contribution in [-0.4, -0.2) is 66.6 Å². The van der Waals surface area contributed by atoms with Gasteiger partial charge in [-0.25, -0.2) is 4.98 Å². The quantitative estimate of drug-likeness (QED) is 0.726. The van der Waals surface area contributed by atoms with Gasteiger partial charge in [-0.3, -0.25) is 4.79 Å². The Morgan fingerprint density at radius 1 is 1.29 bits per heavy atom. The summed E-state index contributed by atoms with van der Waals surface area (Å²) in [5.41, 5.74) is 2.45. The number of carbonyl (C=O) groups excluding carboxylic acids is 1. The predicted octanol–water partition coefficient (Wildman–Crippen LogP) is 0.931. The number of hydrogen-bond donors (Lipinski definition) is 2. The summed E-state index contributed by atoms with van der Waals surface area (Å²) in [5.74, 6) is 0.843. The first kappa shape index (κ1) is 20.2. The molecule has 31 heavy (non-hydrogen) atoms. The summed E-state index contributed by atoms with van der Waals surface area (Å²) in [6.45, 7) is 3.62. The summed E-state index contributed by atoms with van der Waals surface area (Å²) in [4.78, 5) is 20.9. The molecule has 1 amide bonds. The van der Waals surface area contributed by atoms with Crippen molar-refractivity contribution in [1.29, 1.82) is 0 Å². The van der Waals surface area contributed by atoms with Crippen LogP contribution in [0, 0.1) is 5.41 Å². The maximum Gasteiger partial charge on any atom is 0.233 e. The Bertz CT molecular complexity index is 965. The van der Waals surface area contributed by atoms with Crippen LogP contribution >= 0.6 is 0 Å². The summed E-state index contributed by atoms with van der Waals surface area (Å²) in [6, 6.07) is 4.28. The molecule has 2 aromatic rings. The maximum absolute atomic E-state index is 13.2. The smallest absolute Gasteiger partial charge is 0.233 e. The number of aliphatic hydroxyl groups is 1. The van der Waals surface area contributed by atoms with Gasteiger partial charge in [-0.05, 0) is 55.9 Å². The van der Waals surface area contributed by atoms with Crippen LogP contribution in [0.2, 0.25) is 0 Å². The summed E-state index contributed by atoms with van der Waals surface area (Å²) in [6.07, 6.45) is 6.95. The Morgan fingerprint density at radius 2 is 2.13 bits per heavy atom. The minimum Gasteiger partial charge on any atom is -0.364 e. The Morgan fingerprint density at radius 3 is 2.77 bits per heavy atom. The number of carbonyl (C=O) groups is 1. The molecule has 2 N–H and O–H groups in total. The minimum absolute atomic E-state index is 0.208. The highest BCUT2D eigenvalue weighted by atomic mass is 16.6. The van der Waals surface area contributed by atoms with Crippen molar-refractivity contribution in [2.45, 2.75) is 57.9 Å². The second kappa shape index (κ2) is 8.10. The van der Waals surface area contributed by atoms with E-state index in [0.29, 0.717) is 18.5 Å². The third-order valence-electron chi connectivity index (χ3n) is 6.94. The molecular formula is C21H27N7O3. The molecule has 2 aromatic heterocycles. The number of aliphatic hydroxyl groups excluding tert-OH is 1. The molecule has 1 aliphatic carbocycles. The monoisotopic (exact) mass is 425 g/mol. The number of rotatable bonds is 5. The van der Waals surface area contributed by atoms with Crippen molar-refractivity contribution in [3.05, 3.63) is 41.5 Å². The fourth-order valence-corrected chi connectivity index (χ4v) is 4.92. The molecule has 0 bridgehead atoms. The Kier molecular flexibility index (Phi) is 5.28. The van der Waals surface area contributed by atoms with Crippen molar-refractivity contribution in [2.24, 2.45) is 5.41 Å². The van der Waals surface area contributed by atoms with Crippen LogP contribution < -0.4 is 5.32 Å². The molecule has 4 heterocycles. The van der Waals surface area contributed by atoms with Crippen LogP contribution in [0.15, 0.2) is 35.9 Å². The van der Waals surface area contributed by atoms with Crippen LogP contribution in [0.25, 0.3) is 5.82 Å². The van der Waals surface area contributed by atoms with E-state index in [-0.39, 0.29) is 11.3 Å². The summed E-state index contributed by atoms with van der Waals surface area (Å²) in [7, 11) is 0. The van der Waals surface area contributed by atoms with Crippen LogP contribution in [0.4, 0.5) is 0 Å². The Balaban J connectivity index is 1.14. The van der Waals surface area contributed by atoms with E-state index in [2.05, 4.69) is 25.7 Å². The van der Waals surface area contributed by atoms with Gasteiger partial charge in [-0.15, -0.1) is 15.0 Å². The Hall–Kier alpha value is -2.69. The Labute approximate surface area is 180 Å². The van der Waals surface area contributed by atoms with Crippen molar-refractivity contribution in [1.82, 2.24) is 35.4 Å². The van der Waals surface area contributed by atoms with Gasteiger partial charge in [-0.1, -0.05) is 6.07 Å². The normalized spacial score (nSPS) is 28.8. The van der Waals surface area contributed by atoms with Crippen LogP contribution in [0.5, 0.6) is 0 Å². The molecule has 1 saturated heterocycles. The number of nitrogens with one attached hydrogen (secondary N) is 1. The molecule has 1 atom stereocenters. The third-order valence-corrected chi connectivity index (χ3v) is 6.94. The van der Waals surface area contributed by atoms with Crippen molar-refractivity contribution in [2.75, 3.05) is 13.2 Å². The lowest BCUT2D eigenvalue weighted by atomic mass is 9.71. The van der Waals surface area contributed by atoms with Gasteiger partial charge in [-0.2, -0.15) is 0 Å². The molecular weight excluding hydrogens is 398 g/mol. The zero-order chi connectivity index (χ0) is 21.4. The lowest BCUT2D eigenvalue weighted by molar-refractivity contribution is -0.136. The number of likely N-dealkylation sites (tertiary alicyclic amines) is 1. The van der Waals surface area contributed by atoms with Gasteiger partial charge < -0.3 is 20.1 Å². The molecule has 0 aromatic carbocycles. The van der Waals surface area contributed by atoms with Crippen molar-refractivity contribution in [3.63, 3.8) is 0 Å². The molecule has 3 aliphatic rings. The zero-order valence-corrected chi connectivity index (χ0v) is 17.6. The van der Waals surface area contributed by atoms with E-state index in [1.165, 1.54) is 11.1 Å². The second-order valence-corrected chi connectivity index (χ2v) is 8.69. The number of pyridine rings is 1. The van der Waals surface area contributed by atoms with Gasteiger partial charge in [0.1, 0.15) is 0 Å². The molecule has 1 unspecified atom stereocenters. The van der Waals surface area contributed by atoms with Crippen molar-refractivity contribution in [3.8, 4) is 5.82 Å². The minimum atomic E-state index is -0.879. The van der Waals surface area contributed by atoms with Gasteiger partial charge in [0.15, 0.2) is 18.4 Å². The molecule has 2 aliphatic heterocycles. The van der Waals surface area contributed by atoms with E-state index < -0.39 is 6.29 Å². The summed E-state index contributed by atoms with van der Waals surface area (Å²) in [5, 5.41) is 24.9. The fraction of sp³-hybridized carbons (Fsp3) is 0.571. The summed E-state index contributed by atoms with van der Waals surface area (Å²) >= 11 is 0. The van der Waals surface area contributed by atoms with Gasteiger partial charge in [0.05, 0.1) is 17.7 Å². The van der Waals surface area contributed by atoms with E-state index in [1.54, 1.807) is 0 Å². The van der Waals surface area contributed by atoms with E-state index >= 15 is 0 Å². The number of hydrogen-bond acceptors (Lipinski definition) is 8. The van der Waals surface area contributed by atoms with E-state index in [4.69, 9.17) is 4.74 Å². The van der Waals surface area contributed by atoms with Crippen molar-refractivity contribution < 1.29 is 14.6 Å². The number of aromatic nitrogens is 5. The fourth-order valence-electron chi connectivity index (χ4n) is 4.92. The highest BCUT2D eigenvalue weighted by Gasteiger charge is 2.49. The van der Waals surface area contributed by atoms with Crippen LogP contribution in [0.3, 0.4) is 0 Å².